The normalized spacial score (nSPS) is 10.9. The van der Waals surface area contributed by atoms with Crippen LogP contribution in [0.15, 0.2) is 30.5 Å². The zero-order valence-electron chi connectivity index (χ0n) is 7.49. The third-order valence-electron chi connectivity index (χ3n) is 2.23. The molecule has 0 radical (unpaired) electrons. The second kappa shape index (κ2) is 3.20. The van der Waals surface area contributed by atoms with E-state index in [2.05, 4.69) is 28.2 Å². The van der Waals surface area contributed by atoms with Gasteiger partial charge in [-0.25, -0.2) is 5.48 Å². The smallest absolute Gasteiger partial charge is 0.0477 e. The van der Waals surface area contributed by atoms with E-state index >= 15 is 0 Å². The summed E-state index contributed by atoms with van der Waals surface area (Å²) in [4.78, 5) is 0. The lowest BCUT2D eigenvalue weighted by Gasteiger charge is -2.00. The summed E-state index contributed by atoms with van der Waals surface area (Å²) in [6.45, 7) is 0.491. The average molecular weight is 176 g/mol. The maximum absolute atomic E-state index is 8.54. The Hall–Kier alpha value is -1.32. The van der Waals surface area contributed by atoms with Gasteiger partial charge in [0.2, 0.25) is 0 Å². The maximum Gasteiger partial charge on any atom is 0.0477 e. The first kappa shape index (κ1) is 8.29. The first-order valence-corrected chi connectivity index (χ1v) is 4.22. The van der Waals surface area contributed by atoms with Crippen molar-refractivity contribution in [2.75, 3.05) is 0 Å². The maximum atomic E-state index is 8.54. The molecule has 2 rings (SSSR count). The molecule has 0 aliphatic heterocycles. The number of nitrogens with one attached hydrogen (secondary N) is 1. The van der Waals surface area contributed by atoms with Crippen molar-refractivity contribution in [3.63, 3.8) is 0 Å². The van der Waals surface area contributed by atoms with Gasteiger partial charge in [-0.05, 0) is 29.1 Å². The third-order valence-corrected chi connectivity index (χ3v) is 2.23. The van der Waals surface area contributed by atoms with E-state index in [0.717, 1.165) is 5.56 Å². The van der Waals surface area contributed by atoms with Crippen molar-refractivity contribution in [1.82, 2.24) is 10.0 Å². The highest BCUT2D eigenvalue weighted by atomic mass is 16.5. The molecule has 0 unspecified atom stereocenters. The Morgan fingerprint density at radius 1 is 1.38 bits per heavy atom. The number of hydroxylamine groups is 1. The molecule has 0 aliphatic carbocycles. The number of nitrogens with zero attached hydrogens (tertiary/aromatic N) is 1. The summed E-state index contributed by atoms with van der Waals surface area (Å²) >= 11 is 0. The van der Waals surface area contributed by atoms with E-state index in [4.69, 9.17) is 5.21 Å². The SMILES string of the molecule is Cn1ccc2cc(CNO)ccc21. The van der Waals surface area contributed by atoms with Crippen LogP contribution in [-0.4, -0.2) is 9.77 Å². The molecule has 2 N–H and O–H groups in total. The summed E-state index contributed by atoms with van der Waals surface area (Å²) in [5.74, 6) is 0. The van der Waals surface area contributed by atoms with Gasteiger partial charge in [-0.1, -0.05) is 6.07 Å². The van der Waals surface area contributed by atoms with Gasteiger partial charge in [-0.3, -0.25) is 0 Å². The molecule has 0 aliphatic rings. The largest absolute Gasteiger partial charge is 0.351 e. The van der Waals surface area contributed by atoms with Crippen molar-refractivity contribution < 1.29 is 5.21 Å². The summed E-state index contributed by atoms with van der Waals surface area (Å²) in [5.41, 5.74) is 4.44. The molecule has 3 nitrogen and oxygen atoms in total. The zero-order valence-corrected chi connectivity index (χ0v) is 7.49. The number of fused-ring (bicyclic) bond motifs is 1. The predicted molar refractivity (Wildman–Crippen MR) is 51.5 cm³/mol. The number of hydrogen-bond acceptors (Lipinski definition) is 2. The van der Waals surface area contributed by atoms with Crippen molar-refractivity contribution in [2.45, 2.75) is 6.54 Å². The van der Waals surface area contributed by atoms with E-state index in [1.807, 2.05) is 19.3 Å². The summed E-state index contributed by atoms with van der Waals surface area (Å²) < 4.78 is 2.07. The second-order valence-corrected chi connectivity index (χ2v) is 3.15. The second-order valence-electron chi connectivity index (χ2n) is 3.15. The molecule has 0 saturated heterocycles. The fourth-order valence-electron chi connectivity index (χ4n) is 1.53. The van der Waals surface area contributed by atoms with Gasteiger partial charge in [-0.15, -0.1) is 0 Å². The Bertz CT molecular complexity index is 420. The molecule has 68 valence electrons. The van der Waals surface area contributed by atoms with Crippen molar-refractivity contribution in [3.8, 4) is 0 Å². The molecule has 0 atom stereocenters. The highest BCUT2D eigenvalue weighted by Crippen LogP contribution is 2.16. The first-order valence-electron chi connectivity index (χ1n) is 4.22. The minimum atomic E-state index is 0.491. The zero-order chi connectivity index (χ0) is 9.26. The van der Waals surface area contributed by atoms with Gasteiger partial charge in [-0.2, -0.15) is 0 Å². The lowest BCUT2D eigenvalue weighted by Crippen LogP contribution is -2.05. The van der Waals surface area contributed by atoms with E-state index in [1.54, 1.807) is 0 Å². The fraction of sp³-hybridized carbons (Fsp3) is 0.200. The van der Waals surface area contributed by atoms with E-state index in [9.17, 15) is 0 Å². The molecule has 0 fully saturated rings. The molecule has 0 bridgehead atoms. The number of aryl methyl sites for hydroxylation is 1. The van der Waals surface area contributed by atoms with Gasteiger partial charge in [0.1, 0.15) is 0 Å². The van der Waals surface area contributed by atoms with Crippen LogP contribution in [0.25, 0.3) is 10.9 Å². The van der Waals surface area contributed by atoms with Gasteiger partial charge < -0.3 is 9.77 Å². The monoisotopic (exact) mass is 176 g/mol. The molecule has 1 aromatic heterocycles. The van der Waals surface area contributed by atoms with Crippen molar-refractivity contribution >= 4 is 10.9 Å². The van der Waals surface area contributed by atoms with Crippen LogP contribution in [0.4, 0.5) is 0 Å². The fourth-order valence-corrected chi connectivity index (χ4v) is 1.53. The highest BCUT2D eigenvalue weighted by molar-refractivity contribution is 5.80. The van der Waals surface area contributed by atoms with Crippen molar-refractivity contribution in [3.05, 3.63) is 36.0 Å². The average Bonchev–Trinajstić information content (AvgIpc) is 2.48. The van der Waals surface area contributed by atoms with Crippen molar-refractivity contribution in [1.29, 1.82) is 0 Å². The molecule has 0 spiro atoms. The summed E-state index contributed by atoms with van der Waals surface area (Å²) in [6, 6.07) is 8.20. The summed E-state index contributed by atoms with van der Waals surface area (Å²) in [5, 5.41) is 9.75. The van der Waals surface area contributed by atoms with Crippen LogP contribution < -0.4 is 5.48 Å². The minimum absolute atomic E-state index is 0.491. The predicted octanol–water partition coefficient (Wildman–Crippen LogP) is 1.66. The van der Waals surface area contributed by atoms with Crippen LogP contribution in [0.5, 0.6) is 0 Å². The molecular weight excluding hydrogens is 164 g/mol. The van der Waals surface area contributed by atoms with Crippen LogP contribution in [0.2, 0.25) is 0 Å². The standard InChI is InChI=1S/C10H12N2O/c1-12-5-4-9-6-8(7-11-13)2-3-10(9)12/h2-6,11,13H,7H2,1H3. The molecule has 2 aromatic rings. The van der Waals surface area contributed by atoms with Gasteiger partial charge in [0.05, 0.1) is 0 Å². The minimum Gasteiger partial charge on any atom is -0.351 e. The summed E-state index contributed by atoms with van der Waals surface area (Å²) in [7, 11) is 2.02. The Morgan fingerprint density at radius 2 is 2.23 bits per heavy atom. The van der Waals surface area contributed by atoms with Crippen LogP contribution in [-0.2, 0) is 13.6 Å². The van der Waals surface area contributed by atoms with Crippen LogP contribution in [0.3, 0.4) is 0 Å². The van der Waals surface area contributed by atoms with E-state index in [1.165, 1.54) is 10.9 Å². The highest BCUT2D eigenvalue weighted by Gasteiger charge is 1.98. The van der Waals surface area contributed by atoms with E-state index in [0.29, 0.717) is 6.54 Å². The summed E-state index contributed by atoms with van der Waals surface area (Å²) in [6.07, 6.45) is 2.03. The molecule has 0 amide bonds. The van der Waals surface area contributed by atoms with Gasteiger partial charge >= 0.3 is 0 Å². The quantitative estimate of drug-likeness (QED) is 0.683. The number of benzene rings is 1. The Morgan fingerprint density at radius 3 is 3.00 bits per heavy atom. The van der Waals surface area contributed by atoms with Gasteiger partial charge in [0, 0.05) is 25.3 Å². The lowest BCUT2D eigenvalue weighted by atomic mass is 10.1. The molecule has 13 heavy (non-hydrogen) atoms. The van der Waals surface area contributed by atoms with E-state index < -0.39 is 0 Å². The number of aromatic nitrogens is 1. The Labute approximate surface area is 76.6 Å². The van der Waals surface area contributed by atoms with Crippen LogP contribution >= 0.6 is 0 Å². The lowest BCUT2D eigenvalue weighted by molar-refractivity contribution is 0.161. The Kier molecular flexibility index (Phi) is 2.04. The third kappa shape index (κ3) is 1.43. The molecule has 0 saturated carbocycles. The number of rotatable bonds is 2. The van der Waals surface area contributed by atoms with E-state index in [-0.39, 0.29) is 0 Å². The Balaban J connectivity index is 2.50. The van der Waals surface area contributed by atoms with Gasteiger partial charge in [0.15, 0.2) is 0 Å². The van der Waals surface area contributed by atoms with Crippen LogP contribution in [0, 0.1) is 0 Å². The first-order chi connectivity index (χ1) is 6.31. The molecular formula is C10H12N2O. The molecule has 1 aromatic carbocycles. The number of hydrogen-bond donors (Lipinski definition) is 2. The van der Waals surface area contributed by atoms with Crippen LogP contribution in [0.1, 0.15) is 5.56 Å². The molecule has 1 heterocycles. The van der Waals surface area contributed by atoms with Gasteiger partial charge in [0.25, 0.3) is 0 Å². The topological polar surface area (TPSA) is 37.2 Å². The van der Waals surface area contributed by atoms with Crippen molar-refractivity contribution in [2.24, 2.45) is 7.05 Å². The molecule has 3 heteroatoms.